The van der Waals surface area contributed by atoms with Crippen LogP contribution in [0.15, 0.2) is 33.6 Å². The predicted molar refractivity (Wildman–Crippen MR) is 212 cm³/mol. The van der Waals surface area contributed by atoms with Crippen LogP contribution in [0.4, 0.5) is 0 Å². The first-order valence-electron chi connectivity index (χ1n) is 21.1. The number of hydrogen-bond acceptors (Lipinski definition) is 13. The molecule has 8 N–H and O–H groups in total. The lowest BCUT2D eigenvalue weighted by Gasteiger charge is -2.38. The van der Waals surface area contributed by atoms with Crippen LogP contribution in [-0.2, 0) is 23.8 Å². The fraction of sp³-hybridized carbons (Fsp3) is 0.800. The lowest BCUT2D eigenvalue weighted by atomic mass is 9.97. The molecule has 4 rings (SSSR count). The number of amides is 2. The number of aromatic nitrogens is 2. The maximum absolute atomic E-state index is 14.3. The van der Waals surface area contributed by atoms with Crippen molar-refractivity contribution in [3.05, 3.63) is 44.9 Å². The number of carbonyl (C=O) groups is 2. The van der Waals surface area contributed by atoms with E-state index in [0.717, 1.165) is 42.5 Å². The van der Waals surface area contributed by atoms with Crippen LogP contribution in [0.3, 0.4) is 0 Å². The average Bonchev–Trinajstić information content (AvgIpc) is 3.59. The molecule has 0 spiro atoms. The summed E-state index contributed by atoms with van der Waals surface area (Å²) in [5.41, 5.74) is 4.21. The van der Waals surface area contributed by atoms with E-state index >= 15 is 0 Å². The predicted octanol–water partition coefficient (Wildman–Crippen LogP) is 0.980. The van der Waals surface area contributed by atoms with E-state index in [1.54, 1.807) is 18.0 Å². The maximum Gasteiger partial charge on any atom is 0.330 e. The highest BCUT2D eigenvalue weighted by Gasteiger charge is 2.55. The summed E-state index contributed by atoms with van der Waals surface area (Å²) in [6.45, 7) is 2.60. The van der Waals surface area contributed by atoms with Gasteiger partial charge in [0.1, 0.15) is 54.5 Å². The Morgan fingerprint density at radius 2 is 1.44 bits per heavy atom. The van der Waals surface area contributed by atoms with Crippen LogP contribution in [0.1, 0.15) is 116 Å². The van der Waals surface area contributed by atoms with Crippen LogP contribution in [0.25, 0.3) is 0 Å². The quantitative estimate of drug-likeness (QED) is 0.0722. The molecule has 1 aromatic rings. The van der Waals surface area contributed by atoms with Crippen molar-refractivity contribution in [2.75, 3.05) is 33.7 Å². The molecule has 17 nitrogen and oxygen atoms in total. The summed E-state index contributed by atoms with van der Waals surface area (Å²) in [7, 11) is 3.02. The number of nitrogens with one attached hydrogen (secondary N) is 2. The molecule has 17 heteroatoms. The van der Waals surface area contributed by atoms with Crippen molar-refractivity contribution < 1.29 is 44.2 Å². The van der Waals surface area contributed by atoms with Crippen molar-refractivity contribution in [2.45, 2.75) is 171 Å². The minimum absolute atomic E-state index is 0.0682. The second-order valence-electron chi connectivity index (χ2n) is 15.8. The van der Waals surface area contributed by atoms with Crippen molar-refractivity contribution >= 4 is 11.8 Å². The molecule has 2 saturated heterocycles. The number of aromatic amines is 1. The van der Waals surface area contributed by atoms with E-state index in [0.29, 0.717) is 6.54 Å². The molecular weight excluding hydrogens is 740 g/mol. The lowest BCUT2D eigenvalue weighted by molar-refractivity contribution is -0.232. The van der Waals surface area contributed by atoms with Gasteiger partial charge < -0.3 is 50.6 Å². The molecule has 0 bridgehead atoms. The summed E-state index contributed by atoms with van der Waals surface area (Å²) in [6, 6.07) is -0.266. The molecule has 57 heavy (non-hydrogen) atoms. The van der Waals surface area contributed by atoms with Crippen molar-refractivity contribution in [2.24, 2.45) is 5.73 Å². The standard InChI is InChI=1S/C40H68N6O11/c1-4-5-6-7-8-9-10-11-12-13-14-15-16-17-18-19-22-42-36(52)26-20-23-44(2)29(37(53)45(26)3)34(57-39-33(51)30(48)27(25-41)55-39)35-31(49)32(50)38(56-35)46-24-21-28(47)43-40(46)54/h20-21,24,27,29-35,38-39,48-51H,4-19,22-23,25,41H2,1-3H3,(H,42,52)(H,43,47,54)/t27?,29-,30?,31?,32?,33?,34-,35?,38?,39?/m0/s1. The number of H-pyrrole nitrogens is 1. The van der Waals surface area contributed by atoms with Gasteiger partial charge in [0, 0.05) is 38.9 Å². The number of aliphatic hydroxyl groups excluding tert-OH is 4. The smallest absolute Gasteiger partial charge is 0.330 e. The number of nitrogens with zero attached hydrogens (tertiary/aromatic N) is 3. The molecule has 0 saturated carbocycles. The molecule has 8 unspecified atom stereocenters. The van der Waals surface area contributed by atoms with Gasteiger partial charge >= 0.3 is 5.69 Å². The third-order valence-electron chi connectivity index (χ3n) is 11.4. The summed E-state index contributed by atoms with van der Waals surface area (Å²) in [6.07, 6.45) is 9.03. The second-order valence-corrected chi connectivity index (χ2v) is 15.8. The maximum atomic E-state index is 14.3. The zero-order valence-corrected chi connectivity index (χ0v) is 34.0. The highest BCUT2D eigenvalue weighted by atomic mass is 16.7. The molecule has 10 atom stereocenters. The van der Waals surface area contributed by atoms with E-state index in [9.17, 15) is 39.6 Å². The van der Waals surface area contributed by atoms with Crippen molar-refractivity contribution in [1.29, 1.82) is 0 Å². The van der Waals surface area contributed by atoms with Gasteiger partial charge in [0.25, 0.3) is 11.5 Å². The zero-order chi connectivity index (χ0) is 41.5. The van der Waals surface area contributed by atoms with E-state index in [4.69, 9.17) is 19.9 Å². The Bertz CT molecular complexity index is 1540. The summed E-state index contributed by atoms with van der Waals surface area (Å²) in [4.78, 5) is 56.8. The number of unbranched alkanes of at least 4 members (excludes halogenated alkanes) is 15. The number of hydrogen-bond donors (Lipinski definition) is 7. The monoisotopic (exact) mass is 808 g/mol. The average molecular weight is 809 g/mol. The first-order valence-corrected chi connectivity index (χ1v) is 21.1. The summed E-state index contributed by atoms with van der Waals surface area (Å²) < 4.78 is 18.7. The Hall–Kier alpha value is -3.00. The Labute approximate surface area is 335 Å². The largest absolute Gasteiger partial charge is 0.387 e. The first-order chi connectivity index (χ1) is 27.4. The fourth-order valence-corrected chi connectivity index (χ4v) is 7.91. The number of likely N-dealkylation sites (N-methyl/N-ethyl adjacent to an activating group) is 2. The third kappa shape index (κ3) is 12.7. The van der Waals surface area contributed by atoms with E-state index in [1.165, 1.54) is 89.0 Å². The fourth-order valence-electron chi connectivity index (χ4n) is 7.91. The minimum atomic E-state index is -1.75. The summed E-state index contributed by atoms with van der Waals surface area (Å²) in [5.74, 6) is -1.07. The van der Waals surface area contributed by atoms with E-state index in [2.05, 4.69) is 17.2 Å². The van der Waals surface area contributed by atoms with Gasteiger partial charge in [0.2, 0.25) is 5.91 Å². The number of carbonyl (C=O) groups excluding carboxylic acids is 2. The zero-order valence-electron chi connectivity index (χ0n) is 34.0. The Morgan fingerprint density at radius 3 is 1.98 bits per heavy atom. The number of aliphatic hydroxyl groups is 4. The van der Waals surface area contributed by atoms with Crippen LogP contribution >= 0.6 is 0 Å². The van der Waals surface area contributed by atoms with Crippen molar-refractivity contribution in [3.63, 3.8) is 0 Å². The number of rotatable bonds is 24. The first kappa shape index (κ1) is 46.7. The van der Waals surface area contributed by atoms with Crippen LogP contribution in [0.2, 0.25) is 0 Å². The normalized spacial score (nSPS) is 28.8. The SMILES string of the molecule is CCCCCCCCCCCCCCCCCCNC(=O)C1=CCN(C)[C@@H]([C@H](OC2OC(CN)C(O)C2O)C2OC(n3ccc(=O)[nH]c3=O)C(O)C2O)C(=O)N1C. The highest BCUT2D eigenvalue weighted by molar-refractivity contribution is 5.99. The van der Waals surface area contributed by atoms with Crippen molar-refractivity contribution in [3.8, 4) is 0 Å². The molecule has 3 aliphatic heterocycles. The lowest BCUT2D eigenvalue weighted by Crippen LogP contribution is -2.59. The van der Waals surface area contributed by atoms with Gasteiger partial charge in [-0.1, -0.05) is 103 Å². The van der Waals surface area contributed by atoms with Crippen LogP contribution in [0, 0.1) is 0 Å². The van der Waals surface area contributed by atoms with Gasteiger partial charge in [0.15, 0.2) is 12.5 Å². The van der Waals surface area contributed by atoms with Gasteiger partial charge in [0.05, 0.1) is 0 Å². The number of ether oxygens (including phenoxy) is 3. The molecular formula is C40H68N6O11. The van der Waals surface area contributed by atoms with E-state index in [-0.39, 0.29) is 18.8 Å². The molecule has 1 aromatic heterocycles. The second kappa shape index (κ2) is 23.6. The molecule has 3 aliphatic rings. The summed E-state index contributed by atoms with van der Waals surface area (Å²) in [5, 5.41) is 46.6. The summed E-state index contributed by atoms with van der Waals surface area (Å²) >= 11 is 0. The molecule has 2 fully saturated rings. The van der Waals surface area contributed by atoms with Gasteiger partial charge in [-0.05, 0) is 19.5 Å². The number of nitrogens with two attached hydrogens (primary N) is 1. The van der Waals surface area contributed by atoms with Gasteiger partial charge in [-0.25, -0.2) is 4.79 Å². The van der Waals surface area contributed by atoms with Crippen LogP contribution < -0.4 is 22.3 Å². The molecule has 0 aromatic carbocycles. The van der Waals surface area contributed by atoms with E-state index in [1.807, 2.05) is 0 Å². The van der Waals surface area contributed by atoms with Crippen LogP contribution in [-0.4, -0.2) is 140 Å². The highest BCUT2D eigenvalue weighted by Crippen LogP contribution is 2.36. The van der Waals surface area contributed by atoms with E-state index < -0.39 is 84.4 Å². The minimum Gasteiger partial charge on any atom is -0.387 e. The van der Waals surface area contributed by atoms with Gasteiger partial charge in [-0.15, -0.1) is 0 Å². The Balaban J connectivity index is 1.31. The molecule has 0 radical (unpaired) electrons. The van der Waals surface area contributed by atoms with Gasteiger partial charge in [-0.3, -0.25) is 28.8 Å². The van der Waals surface area contributed by atoms with Crippen molar-refractivity contribution in [1.82, 2.24) is 24.7 Å². The topological polar surface area (TPSA) is 242 Å². The molecule has 324 valence electrons. The Morgan fingerprint density at radius 1 is 0.860 bits per heavy atom. The third-order valence-corrected chi connectivity index (χ3v) is 11.4. The molecule has 2 amide bonds. The van der Waals surface area contributed by atoms with Gasteiger partial charge in [-0.2, -0.15) is 0 Å². The molecule has 0 aliphatic carbocycles. The Kier molecular flexibility index (Phi) is 19.3. The van der Waals surface area contributed by atoms with Crippen LogP contribution in [0.5, 0.6) is 0 Å². The molecule has 4 heterocycles.